The molecule has 1 N–H and O–H groups in total. The van der Waals surface area contributed by atoms with Gasteiger partial charge in [-0.2, -0.15) is 0 Å². The molecule has 2 rings (SSSR count). The van der Waals surface area contributed by atoms with E-state index >= 15 is 0 Å². The predicted molar refractivity (Wildman–Crippen MR) is 74.5 cm³/mol. The van der Waals surface area contributed by atoms with Crippen molar-refractivity contribution in [3.8, 4) is 0 Å². The summed E-state index contributed by atoms with van der Waals surface area (Å²) in [5.74, 6) is -3.08. The van der Waals surface area contributed by atoms with Crippen LogP contribution in [0.3, 0.4) is 0 Å². The van der Waals surface area contributed by atoms with Gasteiger partial charge in [-0.1, -0.05) is 20.8 Å². The Hall–Kier alpha value is -1.56. The number of benzene rings is 1. The van der Waals surface area contributed by atoms with Gasteiger partial charge in [0.1, 0.15) is 5.82 Å². The maximum absolute atomic E-state index is 13.4. The Morgan fingerprint density at radius 1 is 1.10 bits per heavy atom. The van der Waals surface area contributed by atoms with Crippen LogP contribution in [0.15, 0.2) is 18.3 Å². The molecule has 0 aliphatic carbocycles. The Labute approximate surface area is 119 Å². The van der Waals surface area contributed by atoms with Crippen LogP contribution in [-0.2, 0) is 12.0 Å². The molecule has 0 amide bonds. The zero-order chi connectivity index (χ0) is 14.9. The second-order valence-corrected chi connectivity index (χ2v) is 6.60. The number of hydrogen-bond donors (Lipinski definition) is 1. The molecule has 2 nitrogen and oxygen atoms in total. The fourth-order valence-electron chi connectivity index (χ4n) is 1.58. The summed E-state index contributed by atoms with van der Waals surface area (Å²) in [7, 11) is 0. The van der Waals surface area contributed by atoms with Crippen LogP contribution in [-0.4, -0.2) is 4.98 Å². The molecule has 0 radical (unpaired) electrons. The summed E-state index contributed by atoms with van der Waals surface area (Å²) >= 11 is 1.51. The summed E-state index contributed by atoms with van der Waals surface area (Å²) < 4.78 is 39.3. The molecule has 0 spiro atoms. The Morgan fingerprint density at radius 2 is 1.75 bits per heavy atom. The van der Waals surface area contributed by atoms with Crippen molar-refractivity contribution in [3.05, 3.63) is 45.7 Å². The van der Waals surface area contributed by atoms with Gasteiger partial charge in [-0.3, -0.25) is 0 Å². The van der Waals surface area contributed by atoms with Gasteiger partial charge in [0, 0.05) is 28.6 Å². The minimum absolute atomic E-state index is 0.0455. The minimum atomic E-state index is -1.19. The standard InChI is InChI=1S/C14H15F3N2S/c1-14(2,3)13-19-7-8(20-13)6-18-12-5-10(16)9(15)4-11(12)17/h4-5,7,18H,6H2,1-3H3. The molecule has 0 bridgehead atoms. The lowest BCUT2D eigenvalue weighted by Crippen LogP contribution is -2.09. The monoisotopic (exact) mass is 300 g/mol. The quantitative estimate of drug-likeness (QED) is 0.846. The lowest BCUT2D eigenvalue weighted by atomic mass is 9.98. The van der Waals surface area contributed by atoms with E-state index < -0.39 is 17.5 Å². The largest absolute Gasteiger partial charge is 0.378 e. The van der Waals surface area contributed by atoms with Crippen LogP contribution in [0.2, 0.25) is 0 Å². The Bertz CT molecular complexity index is 617. The number of aromatic nitrogens is 1. The fraction of sp³-hybridized carbons (Fsp3) is 0.357. The molecule has 1 aromatic heterocycles. The van der Waals surface area contributed by atoms with Crippen LogP contribution in [0.1, 0.15) is 30.7 Å². The van der Waals surface area contributed by atoms with Crippen LogP contribution in [0.25, 0.3) is 0 Å². The summed E-state index contributed by atoms with van der Waals surface area (Å²) in [6.45, 7) is 6.48. The number of rotatable bonds is 3. The van der Waals surface area contributed by atoms with E-state index in [1.165, 1.54) is 11.3 Å². The summed E-state index contributed by atoms with van der Waals surface area (Å²) in [4.78, 5) is 5.21. The average Bonchev–Trinajstić information content (AvgIpc) is 2.80. The Kier molecular flexibility index (Phi) is 4.04. The molecule has 6 heteroatoms. The van der Waals surface area contributed by atoms with Gasteiger partial charge in [0.2, 0.25) is 0 Å². The van der Waals surface area contributed by atoms with Gasteiger partial charge >= 0.3 is 0 Å². The lowest BCUT2D eigenvalue weighted by Gasteiger charge is -2.13. The second kappa shape index (κ2) is 5.44. The van der Waals surface area contributed by atoms with Crippen molar-refractivity contribution < 1.29 is 13.2 Å². The van der Waals surface area contributed by atoms with Crippen LogP contribution in [0.5, 0.6) is 0 Å². The Morgan fingerprint density at radius 3 is 2.35 bits per heavy atom. The molecule has 2 aromatic rings. The van der Waals surface area contributed by atoms with Gasteiger partial charge in [-0.25, -0.2) is 18.2 Å². The summed E-state index contributed by atoms with van der Waals surface area (Å²) in [6.07, 6.45) is 1.70. The zero-order valence-corrected chi connectivity index (χ0v) is 12.2. The van der Waals surface area contributed by atoms with Gasteiger partial charge in [0.05, 0.1) is 17.2 Å². The summed E-state index contributed by atoms with van der Waals surface area (Å²) in [5, 5.41) is 3.72. The van der Waals surface area contributed by atoms with Crippen molar-refractivity contribution in [2.24, 2.45) is 0 Å². The van der Waals surface area contributed by atoms with Gasteiger partial charge in [0.25, 0.3) is 0 Å². The van der Waals surface area contributed by atoms with E-state index in [1.54, 1.807) is 6.20 Å². The molecule has 0 saturated carbocycles. The third kappa shape index (κ3) is 3.30. The maximum atomic E-state index is 13.4. The molecular weight excluding hydrogens is 285 g/mol. The van der Waals surface area contributed by atoms with Gasteiger partial charge in [0.15, 0.2) is 11.6 Å². The van der Waals surface area contributed by atoms with E-state index in [9.17, 15) is 13.2 Å². The topological polar surface area (TPSA) is 24.9 Å². The zero-order valence-electron chi connectivity index (χ0n) is 11.4. The highest BCUT2D eigenvalue weighted by Crippen LogP contribution is 2.27. The third-order valence-corrected chi connectivity index (χ3v) is 4.08. The number of anilines is 1. The highest BCUT2D eigenvalue weighted by molar-refractivity contribution is 7.11. The van der Waals surface area contributed by atoms with Crippen molar-refractivity contribution in [1.29, 1.82) is 0 Å². The molecule has 20 heavy (non-hydrogen) atoms. The van der Waals surface area contributed by atoms with Gasteiger partial charge in [-0.05, 0) is 0 Å². The summed E-state index contributed by atoms with van der Waals surface area (Å²) in [6, 6.07) is 1.35. The van der Waals surface area contributed by atoms with E-state index in [0.29, 0.717) is 12.6 Å². The highest BCUT2D eigenvalue weighted by Gasteiger charge is 2.18. The number of halogens is 3. The SMILES string of the molecule is CC(C)(C)c1ncc(CNc2cc(F)c(F)cc2F)s1. The van der Waals surface area contributed by atoms with Crippen LogP contribution < -0.4 is 5.32 Å². The first-order valence-corrected chi connectivity index (χ1v) is 6.92. The number of nitrogens with zero attached hydrogens (tertiary/aromatic N) is 1. The lowest BCUT2D eigenvalue weighted by molar-refractivity contribution is 0.496. The first-order chi connectivity index (χ1) is 9.27. The third-order valence-electron chi connectivity index (χ3n) is 2.66. The Balaban J connectivity index is 2.09. The van der Waals surface area contributed by atoms with Crippen molar-refractivity contribution in [2.45, 2.75) is 32.7 Å². The summed E-state index contributed by atoms with van der Waals surface area (Å²) in [5.41, 5.74) is -0.106. The number of hydrogen-bond acceptors (Lipinski definition) is 3. The molecule has 1 heterocycles. The van der Waals surface area contributed by atoms with Crippen molar-refractivity contribution in [2.75, 3.05) is 5.32 Å². The van der Waals surface area contributed by atoms with Crippen molar-refractivity contribution >= 4 is 17.0 Å². The molecule has 1 aromatic carbocycles. The molecule has 0 saturated heterocycles. The maximum Gasteiger partial charge on any atom is 0.161 e. The van der Waals surface area contributed by atoms with E-state index in [0.717, 1.165) is 16.0 Å². The minimum Gasteiger partial charge on any atom is -0.378 e. The van der Waals surface area contributed by atoms with Gasteiger partial charge in [-0.15, -0.1) is 11.3 Å². The first-order valence-electron chi connectivity index (χ1n) is 6.11. The molecular formula is C14H15F3N2S. The fourth-order valence-corrected chi connectivity index (χ4v) is 2.49. The van der Waals surface area contributed by atoms with E-state index in [1.807, 2.05) is 0 Å². The van der Waals surface area contributed by atoms with Crippen LogP contribution >= 0.6 is 11.3 Å². The number of nitrogens with one attached hydrogen (secondary N) is 1. The first kappa shape index (κ1) is 14.8. The van der Waals surface area contributed by atoms with Gasteiger partial charge < -0.3 is 5.32 Å². The molecule has 108 valence electrons. The molecule has 0 atom stereocenters. The van der Waals surface area contributed by atoms with Crippen molar-refractivity contribution in [3.63, 3.8) is 0 Å². The van der Waals surface area contributed by atoms with Crippen molar-refractivity contribution in [1.82, 2.24) is 4.98 Å². The van der Waals surface area contributed by atoms with E-state index in [4.69, 9.17) is 0 Å². The smallest absolute Gasteiger partial charge is 0.161 e. The normalized spacial score (nSPS) is 11.7. The van der Waals surface area contributed by atoms with Crippen LogP contribution in [0, 0.1) is 17.5 Å². The predicted octanol–water partition coefficient (Wildman–Crippen LogP) is 4.47. The molecule has 0 aliphatic heterocycles. The molecule has 0 fully saturated rings. The molecule has 0 aliphatic rings. The van der Waals surface area contributed by atoms with E-state index in [-0.39, 0.29) is 11.1 Å². The number of thiazole rings is 1. The molecule has 0 unspecified atom stereocenters. The average molecular weight is 300 g/mol. The highest BCUT2D eigenvalue weighted by atomic mass is 32.1. The van der Waals surface area contributed by atoms with E-state index in [2.05, 4.69) is 31.1 Å². The van der Waals surface area contributed by atoms with Crippen LogP contribution in [0.4, 0.5) is 18.9 Å². The second-order valence-electron chi connectivity index (χ2n) is 5.48.